The first-order valence-corrected chi connectivity index (χ1v) is 5.75. The number of piperidine rings is 1. The van der Waals surface area contributed by atoms with Crippen LogP contribution < -0.4 is 10.6 Å². The Bertz CT molecular complexity index is 267. The van der Waals surface area contributed by atoms with Crippen LogP contribution in [-0.2, 0) is 6.54 Å². The third kappa shape index (κ3) is 3.61. The highest BCUT2D eigenvalue weighted by molar-refractivity contribution is 5.07. The van der Waals surface area contributed by atoms with E-state index >= 15 is 0 Å². The molecule has 0 bridgehead atoms. The fraction of sp³-hybridized carbons (Fsp3) is 0.583. The Morgan fingerprint density at radius 1 is 1.53 bits per heavy atom. The summed E-state index contributed by atoms with van der Waals surface area (Å²) in [5.74, 6) is 0.801. The molecule has 15 heavy (non-hydrogen) atoms. The maximum absolute atomic E-state index is 4.10. The molecule has 82 valence electrons. The van der Waals surface area contributed by atoms with Gasteiger partial charge in [-0.25, -0.2) is 0 Å². The minimum Gasteiger partial charge on any atom is -0.316 e. The average Bonchev–Trinajstić information content (AvgIpc) is 2.32. The molecule has 0 saturated carbocycles. The van der Waals surface area contributed by atoms with Crippen molar-refractivity contribution < 1.29 is 0 Å². The summed E-state index contributed by atoms with van der Waals surface area (Å²) in [6, 6.07) is 4.10. The summed E-state index contributed by atoms with van der Waals surface area (Å²) in [5.41, 5.74) is 1.27. The Balaban J connectivity index is 1.66. The first-order chi connectivity index (χ1) is 7.45. The van der Waals surface area contributed by atoms with Crippen molar-refractivity contribution in [3.8, 4) is 0 Å². The maximum Gasteiger partial charge on any atom is 0.0312 e. The minimum absolute atomic E-state index is 0.801. The van der Waals surface area contributed by atoms with E-state index in [1.807, 2.05) is 18.5 Å². The topological polar surface area (TPSA) is 37.0 Å². The largest absolute Gasteiger partial charge is 0.316 e. The van der Waals surface area contributed by atoms with Gasteiger partial charge in [0.15, 0.2) is 0 Å². The van der Waals surface area contributed by atoms with E-state index in [-0.39, 0.29) is 0 Å². The van der Waals surface area contributed by atoms with Crippen molar-refractivity contribution in [1.29, 1.82) is 0 Å². The molecule has 0 spiro atoms. The van der Waals surface area contributed by atoms with Crippen molar-refractivity contribution in [1.82, 2.24) is 15.6 Å². The van der Waals surface area contributed by atoms with Crippen LogP contribution in [0.25, 0.3) is 0 Å². The van der Waals surface area contributed by atoms with Crippen LogP contribution in [0.15, 0.2) is 24.5 Å². The summed E-state index contributed by atoms with van der Waals surface area (Å²) < 4.78 is 0. The van der Waals surface area contributed by atoms with Gasteiger partial charge in [-0.1, -0.05) is 6.07 Å². The zero-order valence-corrected chi connectivity index (χ0v) is 9.08. The van der Waals surface area contributed by atoms with Gasteiger partial charge in [-0.2, -0.15) is 0 Å². The van der Waals surface area contributed by atoms with Crippen LogP contribution in [0.4, 0.5) is 0 Å². The normalized spacial score (nSPS) is 21.5. The van der Waals surface area contributed by atoms with E-state index in [9.17, 15) is 0 Å². The highest BCUT2D eigenvalue weighted by Gasteiger charge is 2.11. The first-order valence-electron chi connectivity index (χ1n) is 5.75. The van der Waals surface area contributed by atoms with Crippen molar-refractivity contribution in [2.24, 2.45) is 5.92 Å². The van der Waals surface area contributed by atoms with Gasteiger partial charge in [0.05, 0.1) is 0 Å². The molecule has 1 aromatic rings. The van der Waals surface area contributed by atoms with Gasteiger partial charge in [0, 0.05) is 18.9 Å². The Morgan fingerprint density at radius 2 is 2.53 bits per heavy atom. The fourth-order valence-electron chi connectivity index (χ4n) is 2.02. The Hall–Kier alpha value is -0.930. The van der Waals surface area contributed by atoms with Gasteiger partial charge in [0.2, 0.25) is 0 Å². The van der Waals surface area contributed by atoms with Gasteiger partial charge in [-0.15, -0.1) is 0 Å². The van der Waals surface area contributed by atoms with Gasteiger partial charge in [-0.3, -0.25) is 4.98 Å². The van der Waals surface area contributed by atoms with Crippen molar-refractivity contribution in [2.45, 2.75) is 19.4 Å². The SMILES string of the molecule is c1cncc(CNCC2CCCNC2)c1. The predicted octanol–water partition coefficient (Wildman–Crippen LogP) is 1.17. The lowest BCUT2D eigenvalue weighted by Gasteiger charge is -2.22. The molecule has 1 aliphatic rings. The fourth-order valence-corrected chi connectivity index (χ4v) is 2.02. The van der Waals surface area contributed by atoms with E-state index in [0.717, 1.165) is 19.0 Å². The van der Waals surface area contributed by atoms with E-state index < -0.39 is 0 Å². The van der Waals surface area contributed by atoms with Crippen LogP contribution in [-0.4, -0.2) is 24.6 Å². The zero-order valence-electron chi connectivity index (χ0n) is 9.08. The third-order valence-corrected chi connectivity index (χ3v) is 2.88. The third-order valence-electron chi connectivity index (χ3n) is 2.88. The minimum atomic E-state index is 0.801. The molecular formula is C12H19N3. The lowest BCUT2D eigenvalue weighted by molar-refractivity contribution is 0.360. The number of nitrogens with zero attached hydrogens (tertiary/aromatic N) is 1. The van der Waals surface area contributed by atoms with Crippen molar-refractivity contribution >= 4 is 0 Å². The zero-order chi connectivity index (χ0) is 10.3. The molecule has 1 aliphatic heterocycles. The first kappa shape index (κ1) is 10.6. The van der Waals surface area contributed by atoms with E-state index in [1.165, 1.54) is 31.5 Å². The summed E-state index contributed by atoms with van der Waals surface area (Å²) in [6.45, 7) is 4.41. The number of rotatable bonds is 4. The Kier molecular flexibility index (Phi) is 4.11. The molecule has 2 rings (SSSR count). The van der Waals surface area contributed by atoms with Gasteiger partial charge < -0.3 is 10.6 Å². The van der Waals surface area contributed by atoms with Crippen molar-refractivity contribution in [3.63, 3.8) is 0 Å². The van der Waals surface area contributed by atoms with Crippen LogP contribution in [0.1, 0.15) is 18.4 Å². The molecule has 0 amide bonds. The molecule has 2 N–H and O–H groups in total. The highest BCUT2D eigenvalue weighted by atomic mass is 14.9. The summed E-state index contributed by atoms with van der Waals surface area (Å²) in [6.07, 6.45) is 6.41. The average molecular weight is 205 g/mol. The molecule has 1 saturated heterocycles. The van der Waals surface area contributed by atoms with E-state index in [0.29, 0.717) is 0 Å². The highest BCUT2D eigenvalue weighted by Crippen LogP contribution is 2.08. The number of nitrogens with one attached hydrogen (secondary N) is 2. The second kappa shape index (κ2) is 5.83. The van der Waals surface area contributed by atoms with Crippen LogP contribution in [0.5, 0.6) is 0 Å². The predicted molar refractivity (Wildman–Crippen MR) is 61.5 cm³/mol. The summed E-state index contributed by atoms with van der Waals surface area (Å²) in [7, 11) is 0. The van der Waals surface area contributed by atoms with E-state index in [4.69, 9.17) is 0 Å². The molecule has 3 heteroatoms. The van der Waals surface area contributed by atoms with Crippen molar-refractivity contribution in [2.75, 3.05) is 19.6 Å². The summed E-state index contributed by atoms with van der Waals surface area (Å²) in [5, 5.41) is 6.92. The smallest absolute Gasteiger partial charge is 0.0312 e. The second-order valence-electron chi connectivity index (χ2n) is 4.20. The number of hydrogen-bond acceptors (Lipinski definition) is 3. The number of pyridine rings is 1. The summed E-state index contributed by atoms with van der Waals surface area (Å²) in [4.78, 5) is 4.10. The van der Waals surface area contributed by atoms with Gasteiger partial charge in [0.1, 0.15) is 0 Å². The van der Waals surface area contributed by atoms with Crippen LogP contribution in [0.2, 0.25) is 0 Å². The maximum atomic E-state index is 4.10. The standard InChI is InChI=1S/C12H19N3/c1-3-11(7-13-5-1)9-15-10-12-4-2-6-14-8-12/h1,3,5,7,12,14-15H,2,4,6,8-10H2. The monoisotopic (exact) mass is 205 g/mol. The molecule has 0 radical (unpaired) electrons. The molecular weight excluding hydrogens is 186 g/mol. The van der Waals surface area contributed by atoms with Crippen LogP contribution >= 0.6 is 0 Å². The Morgan fingerprint density at radius 3 is 3.27 bits per heavy atom. The van der Waals surface area contributed by atoms with Gasteiger partial charge in [-0.05, 0) is 50.0 Å². The molecule has 1 atom stereocenters. The molecule has 3 nitrogen and oxygen atoms in total. The van der Waals surface area contributed by atoms with Crippen LogP contribution in [0.3, 0.4) is 0 Å². The van der Waals surface area contributed by atoms with E-state index in [2.05, 4.69) is 21.7 Å². The number of hydrogen-bond donors (Lipinski definition) is 2. The lowest BCUT2D eigenvalue weighted by Crippen LogP contribution is -2.35. The molecule has 0 aliphatic carbocycles. The van der Waals surface area contributed by atoms with Gasteiger partial charge in [0.25, 0.3) is 0 Å². The molecule has 1 aromatic heterocycles. The molecule has 0 aromatic carbocycles. The quantitative estimate of drug-likeness (QED) is 0.775. The molecule has 1 fully saturated rings. The number of aromatic nitrogens is 1. The van der Waals surface area contributed by atoms with Crippen LogP contribution in [0, 0.1) is 5.92 Å². The molecule has 1 unspecified atom stereocenters. The molecule has 2 heterocycles. The van der Waals surface area contributed by atoms with Crippen molar-refractivity contribution in [3.05, 3.63) is 30.1 Å². The lowest BCUT2D eigenvalue weighted by atomic mass is 10.00. The Labute approximate surface area is 91.3 Å². The summed E-state index contributed by atoms with van der Waals surface area (Å²) >= 11 is 0. The van der Waals surface area contributed by atoms with Gasteiger partial charge >= 0.3 is 0 Å². The second-order valence-corrected chi connectivity index (χ2v) is 4.20. The van der Waals surface area contributed by atoms with E-state index in [1.54, 1.807) is 0 Å².